The zero-order chi connectivity index (χ0) is 17.6. The summed E-state index contributed by atoms with van der Waals surface area (Å²) < 4.78 is 5.82. The van der Waals surface area contributed by atoms with Crippen molar-refractivity contribution in [3.05, 3.63) is 59.7 Å². The van der Waals surface area contributed by atoms with Crippen molar-refractivity contribution < 1.29 is 9.53 Å². The summed E-state index contributed by atoms with van der Waals surface area (Å²) >= 11 is 0. The monoisotopic (exact) mass is 338 g/mol. The highest BCUT2D eigenvalue weighted by atomic mass is 16.5. The number of anilines is 1. The van der Waals surface area contributed by atoms with Crippen LogP contribution in [0.1, 0.15) is 17.5 Å². The topological polar surface area (TPSA) is 32.8 Å². The minimum absolute atomic E-state index is 0.173. The molecule has 0 bridgehead atoms. The van der Waals surface area contributed by atoms with E-state index in [4.69, 9.17) is 4.74 Å². The van der Waals surface area contributed by atoms with Crippen LogP contribution >= 0.6 is 0 Å². The van der Waals surface area contributed by atoms with Gasteiger partial charge in [0.05, 0.1) is 13.2 Å². The zero-order valence-electron chi connectivity index (χ0n) is 15.1. The molecule has 4 nitrogen and oxygen atoms in total. The Morgan fingerprint density at radius 2 is 1.92 bits per heavy atom. The van der Waals surface area contributed by atoms with Crippen LogP contribution in [0, 0.1) is 6.92 Å². The molecule has 0 aromatic heterocycles. The average Bonchev–Trinajstić information content (AvgIpc) is 3.04. The fourth-order valence-corrected chi connectivity index (χ4v) is 3.23. The Balaban J connectivity index is 1.42. The summed E-state index contributed by atoms with van der Waals surface area (Å²) in [6.07, 6.45) is 1.85. The Bertz CT molecular complexity index is 729. The van der Waals surface area contributed by atoms with Gasteiger partial charge in [0.1, 0.15) is 5.75 Å². The van der Waals surface area contributed by atoms with Crippen LogP contribution in [-0.2, 0) is 11.2 Å². The van der Waals surface area contributed by atoms with Gasteiger partial charge in [0.25, 0.3) is 0 Å². The first-order chi connectivity index (χ1) is 12.1. The molecule has 0 fully saturated rings. The predicted octanol–water partition coefficient (Wildman–Crippen LogP) is 3.29. The number of benzene rings is 2. The second kappa shape index (κ2) is 8.17. The third-order valence-electron chi connectivity index (χ3n) is 4.63. The molecule has 0 aliphatic carbocycles. The minimum Gasteiger partial charge on any atom is -0.493 e. The molecule has 0 radical (unpaired) electrons. The number of likely N-dealkylation sites (N-methyl/N-ethyl adjacent to an activating group) is 1. The Morgan fingerprint density at radius 3 is 2.76 bits per heavy atom. The number of aryl methyl sites for hydroxylation is 1. The highest BCUT2D eigenvalue weighted by Crippen LogP contribution is 2.27. The zero-order valence-corrected chi connectivity index (χ0v) is 15.1. The van der Waals surface area contributed by atoms with Crippen molar-refractivity contribution in [2.45, 2.75) is 19.8 Å². The molecular weight excluding hydrogens is 312 g/mol. The van der Waals surface area contributed by atoms with E-state index in [-0.39, 0.29) is 5.91 Å². The molecule has 1 heterocycles. The van der Waals surface area contributed by atoms with Gasteiger partial charge in [-0.1, -0.05) is 36.4 Å². The molecule has 2 aromatic rings. The number of amides is 1. The lowest BCUT2D eigenvalue weighted by Gasteiger charge is -2.22. The highest BCUT2D eigenvalue weighted by molar-refractivity contribution is 5.96. The molecule has 0 spiro atoms. The fraction of sp³-hybridized carbons (Fsp3) is 0.381. The summed E-state index contributed by atoms with van der Waals surface area (Å²) in [6.45, 7) is 4.79. The molecule has 1 aliphatic heterocycles. The van der Waals surface area contributed by atoms with E-state index < -0.39 is 0 Å². The van der Waals surface area contributed by atoms with Gasteiger partial charge in [-0.15, -0.1) is 0 Å². The third-order valence-corrected chi connectivity index (χ3v) is 4.63. The van der Waals surface area contributed by atoms with Gasteiger partial charge < -0.3 is 9.64 Å². The maximum atomic E-state index is 12.6. The van der Waals surface area contributed by atoms with Crippen LogP contribution in [0.15, 0.2) is 48.5 Å². The van der Waals surface area contributed by atoms with Gasteiger partial charge in [-0.3, -0.25) is 9.69 Å². The quantitative estimate of drug-likeness (QED) is 0.726. The van der Waals surface area contributed by atoms with Crippen LogP contribution < -0.4 is 9.64 Å². The van der Waals surface area contributed by atoms with Crippen LogP contribution in [0.5, 0.6) is 5.75 Å². The van der Waals surface area contributed by atoms with Gasteiger partial charge in [0, 0.05) is 18.8 Å². The molecule has 4 heteroatoms. The van der Waals surface area contributed by atoms with E-state index in [0.29, 0.717) is 13.2 Å². The van der Waals surface area contributed by atoms with Crippen molar-refractivity contribution in [1.29, 1.82) is 0 Å². The first-order valence-corrected chi connectivity index (χ1v) is 8.90. The maximum Gasteiger partial charge on any atom is 0.241 e. The molecule has 3 rings (SSSR count). The van der Waals surface area contributed by atoms with E-state index >= 15 is 0 Å². The molecule has 1 amide bonds. The largest absolute Gasteiger partial charge is 0.493 e. The van der Waals surface area contributed by atoms with E-state index in [0.717, 1.165) is 42.9 Å². The molecule has 132 valence electrons. The minimum atomic E-state index is 0.173. The summed E-state index contributed by atoms with van der Waals surface area (Å²) in [5.74, 6) is 1.11. The van der Waals surface area contributed by atoms with Crippen LogP contribution in [0.2, 0.25) is 0 Å². The first-order valence-electron chi connectivity index (χ1n) is 8.90. The van der Waals surface area contributed by atoms with E-state index in [9.17, 15) is 4.79 Å². The Labute approximate surface area is 150 Å². The van der Waals surface area contributed by atoms with Gasteiger partial charge in [0.2, 0.25) is 5.91 Å². The molecule has 0 saturated carbocycles. The number of hydrogen-bond acceptors (Lipinski definition) is 3. The van der Waals surface area contributed by atoms with Gasteiger partial charge in [-0.05, 0) is 50.1 Å². The molecule has 0 N–H and O–H groups in total. The number of carbonyl (C=O) groups excluding carboxylic acids is 1. The van der Waals surface area contributed by atoms with Crippen LogP contribution in [-0.4, -0.2) is 44.1 Å². The first kappa shape index (κ1) is 17.5. The number of para-hydroxylation sites is 2. The molecule has 0 atom stereocenters. The molecule has 2 aromatic carbocycles. The van der Waals surface area contributed by atoms with Crippen molar-refractivity contribution in [3.8, 4) is 5.75 Å². The number of carbonyl (C=O) groups is 1. The van der Waals surface area contributed by atoms with Crippen molar-refractivity contribution in [2.75, 3.05) is 38.2 Å². The van der Waals surface area contributed by atoms with E-state index in [1.54, 1.807) is 0 Å². The second-order valence-electron chi connectivity index (χ2n) is 6.63. The Hall–Kier alpha value is -2.33. The number of ether oxygens (including phenoxy) is 1. The molecule has 0 unspecified atom stereocenters. The lowest BCUT2D eigenvalue weighted by atomic mass is 10.2. The molecule has 25 heavy (non-hydrogen) atoms. The standard InChI is InChI=1S/C21H26N2O2/c1-17-8-3-6-11-20(17)25-15-7-13-22(2)16-21(24)23-14-12-18-9-4-5-10-19(18)23/h3-6,8-11H,7,12-16H2,1-2H3. The smallest absolute Gasteiger partial charge is 0.241 e. The predicted molar refractivity (Wildman–Crippen MR) is 101 cm³/mol. The summed E-state index contributed by atoms with van der Waals surface area (Å²) in [4.78, 5) is 16.6. The van der Waals surface area contributed by atoms with Crippen molar-refractivity contribution in [3.63, 3.8) is 0 Å². The Morgan fingerprint density at radius 1 is 1.16 bits per heavy atom. The van der Waals surface area contributed by atoms with Gasteiger partial charge >= 0.3 is 0 Å². The SMILES string of the molecule is Cc1ccccc1OCCCN(C)CC(=O)N1CCc2ccccc21. The molecular formula is C21H26N2O2. The van der Waals surface area contributed by atoms with E-state index in [1.165, 1.54) is 5.56 Å². The summed E-state index contributed by atoms with van der Waals surface area (Å²) in [7, 11) is 1.99. The number of nitrogens with zero attached hydrogens (tertiary/aromatic N) is 2. The number of hydrogen-bond donors (Lipinski definition) is 0. The lowest BCUT2D eigenvalue weighted by Crippen LogP contribution is -2.38. The second-order valence-corrected chi connectivity index (χ2v) is 6.63. The van der Waals surface area contributed by atoms with Crippen molar-refractivity contribution >= 4 is 11.6 Å². The van der Waals surface area contributed by atoms with Crippen LogP contribution in [0.3, 0.4) is 0 Å². The Kier molecular flexibility index (Phi) is 5.71. The van der Waals surface area contributed by atoms with E-state index in [1.807, 2.05) is 61.3 Å². The van der Waals surface area contributed by atoms with Crippen LogP contribution in [0.25, 0.3) is 0 Å². The normalized spacial score (nSPS) is 13.2. The average molecular weight is 338 g/mol. The molecule has 0 saturated heterocycles. The summed E-state index contributed by atoms with van der Waals surface area (Å²) in [6, 6.07) is 16.2. The summed E-state index contributed by atoms with van der Waals surface area (Å²) in [5.41, 5.74) is 3.49. The molecule has 1 aliphatic rings. The third kappa shape index (κ3) is 4.40. The number of rotatable bonds is 7. The van der Waals surface area contributed by atoms with Gasteiger partial charge in [-0.25, -0.2) is 0 Å². The van der Waals surface area contributed by atoms with Gasteiger partial charge in [-0.2, -0.15) is 0 Å². The number of fused-ring (bicyclic) bond motifs is 1. The summed E-state index contributed by atoms with van der Waals surface area (Å²) in [5, 5.41) is 0. The lowest BCUT2D eigenvalue weighted by molar-refractivity contribution is -0.119. The van der Waals surface area contributed by atoms with Crippen molar-refractivity contribution in [2.24, 2.45) is 0 Å². The maximum absolute atomic E-state index is 12.6. The van der Waals surface area contributed by atoms with Crippen molar-refractivity contribution in [1.82, 2.24) is 4.90 Å². The fourth-order valence-electron chi connectivity index (χ4n) is 3.23. The highest BCUT2D eigenvalue weighted by Gasteiger charge is 2.24. The van der Waals surface area contributed by atoms with Crippen LogP contribution in [0.4, 0.5) is 5.69 Å². The van der Waals surface area contributed by atoms with Gasteiger partial charge in [0.15, 0.2) is 0 Å². The van der Waals surface area contributed by atoms with E-state index in [2.05, 4.69) is 11.0 Å².